The van der Waals surface area contributed by atoms with Crippen LogP contribution >= 0.6 is 0 Å². The van der Waals surface area contributed by atoms with Crippen molar-refractivity contribution in [1.82, 2.24) is 0 Å². The average molecular weight is 242 g/mol. The molecule has 2 atom stereocenters. The van der Waals surface area contributed by atoms with Crippen LogP contribution in [0.4, 0.5) is 0 Å². The average Bonchev–Trinajstić information content (AvgIpc) is 2.50. The smallest absolute Gasteiger partial charge is 0.308 e. The molecule has 17 heavy (non-hydrogen) atoms. The molecular formula is C10H18N4O3. The van der Waals surface area contributed by atoms with E-state index < -0.39 is 11.0 Å². The van der Waals surface area contributed by atoms with Crippen LogP contribution in [-0.2, 0) is 4.74 Å². The number of aliphatic imine (C=N–C) groups is 1. The molecule has 1 aliphatic heterocycles. The van der Waals surface area contributed by atoms with Crippen LogP contribution in [0.1, 0.15) is 19.3 Å². The minimum Gasteiger partial charge on any atom is -0.399 e. The number of nitrogens with two attached hydrogens (primary N) is 2. The number of ether oxygens (including phenoxy) is 1. The molecule has 0 aromatic rings. The highest BCUT2D eigenvalue weighted by atomic mass is 16.6. The van der Waals surface area contributed by atoms with E-state index in [4.69, 9.17) is 16.2 Å². The van der Waals surface area contributed by atoms with E-state index in [2.05, 4.69) is 4.99 Å². The fourth-order valence-corrected chi connectivity index (χ4v) is 1.83. The van der Waals surface area contributed by atoms with Crippen molar-refractivity contribution < 1.29 is 9.66 Å². The molecule has 0 bridgehead atoms. The van der Waals surface area contributed by atoms with Gasteiger partial charge < -0.3 is 16.2 Å². The molecule has 0 saturated carbocycles. The summed E-state index contributed by atoms with van der Waals surface area (Å²) < 4.78 is 5.55. The fraction of sp³-hybridized carbons (Fsp3) is 0.700. The normalized spacial score (nSPS) is 27.6. The highest BCUT2D eigenvalue weighted by Crippen LogP contribution is 2.17. The molecule has 0 aliphatic carbocycles. The van der Waals surface area contributed by atoms with Gasteiger partial charge in [0.1, 0.15) is 11.8 Å². The quantitative estimate of drug-likeness (QED) is 0.411. The van der Waals surface area contributed by atoms with Crippen molar-refractivity contribution in [2.75, 3.05) is 13.7 Å². The van der Waals surface area contributed by atoms with Crippen LogP contribution in [0.5, 0.6) is 0 Å². The standard InChI is InChI=1S/C10H18N4O3/c1-13-10(8(6-11)14(15)16)9-3-2-7(12)4-5-17-9/h6-7,9H,2-5,11-12H2,1H3/b8-6+,13-10?. The van der Waals surface area contributed by atoms with E-state index in [1.54, 1.807) is 0 Å². The lowest BCUT2D eigenvalue weighted by Gasteiger charge is -2.15. The lowest BCUT2D eigenvalue weighted by molar-refractivity contribution is -0.415. The van der Waals surface area contributed by atoms with E-state index >= 15 is 0 Å². The first kappa shape index (κ1) is 13.6. The second kappa shape index (κ2) is 6.31. The molecule has 0 spiro atoms. The number of nitrogens with zero attached hydrogens (tertiary/aromatic N) is 2. The number of hydrogen-bond donors (Lipinski definition) is 2. The Morgan fingerprint density at radius 3 is 2.76 bits per heavy atom. The number of hydrogen-bond acceptors (Lipinski definition) is 6. The SMILES string of the molecule is CN=C(/C(=C\N)[N+](=O)[O-])C1CCC(N)CCO1. The molecule has 1 heterocycles. The summed E-state index contributed by atoms with van der Waals surface area (Å²) >= 11 is 0. The minimum atomic E-state index is -0.545. The zero-order valence-corrected chi connectivity index (χ0v) is 9.83. The monoisotopic (exact) mass is 242 g/mol. The molecule has 0 aromatic carbocycles. The van der Waals surface area contributed by atoms with Crippen molar-refractivity contribution in [1.29, 1.82) is 0 Å². The predicted octanol–water partition coefficient (Wildman–Crippen LogP) is 0.0304. The summed E-state index contributed by atoms with van der Waals surface area (Å²) in [5.41, 5.74) is 11.2. The Kier molecular flexibility index (Phi) is 5.05. The van der Waals surface area contributed by atoms with Gasteiger partial charge in [0.25, 0.3) is 0 Å². The Hall–Kier alpha value is -1.47. The summed E-state index contributed by atoms with van der Waals surface area (Å²) in [5, 5.41) is 10.8. The first-order valence-corrected chi connectivity index (χ1v) is 5.50. The second-order valence-corrected chi connectivity index (χ2v) is 3.90. The van der Waals surface area contributed by atoms with Crippen molar-refractivity contribution in [3.8, 4) is 0 Å². The maximum Gasteiger partial charge on any atom is 0.308 e. The van der Waals surface area contributed by atoms with Crippen molar-refractivity contribution in [2.45, 2.75) is 31.4 Å². The largest absolute Gasteiger partial charge is 0.399 e. The Bertz CT molecular complexity index is 340. The molecule has 0 amide bonds. The van der Waals surface area contributed by atoms with Gasteiger partial charge in [-0.1, -0.05) is 0 Å². The zero-order chi connectivity index (χ0) is 12.8. The molecule has 1 fully saturated rings. The van der Waals surface area contributed by atoms with Crippen molar-refractivity contribution >= 4 is 5.71 Å². The predicted molar refractivity (Wildman–Crippen MR) is 64.2 cm³/mol. The summed E-state index contributed by atoms with van der Waals surface area (Å²) in [6, 6.07) is 0.0824. The van der Waals surface area contributed by atoms with Crippen molar-refractivity contribution in [3.05, 3.63) is 22.0 Å². The maximum absolute atomic E-state index is 10.8. The zero-order valence-electron chi connectivity index (χ0n) is 9.83. The van der Waals surface area contributed by atoms with Crippen LogP contribution in [0.25, 0.3) is 0 Å². The van der Waals surface area contributed by atoms with Gasteiger partial charge in [-0.3, -0.25) is 15.1 Å². The summed E-state index contributed by atoms with van der Waals surface area (Å²) in [6.45, 7) is 0.487. The molecule has 1 rings (SSSR count). The van der Waals surface area contributed by atoms with E-state index in [0.29, 0.717) is 13.0 Å². The molecule has 0 radical (unpaired) electrons. The Morgan fingerprint density at radius 2 is 2.24 bits per heavy atom. The van der Waals surface area contributed by atoms with Crippen LogP contribution in [-0.4, -0.2) is 36.4 Å². The summed E-state index contributed by atoms with van der Waals surface area (Å²) in [4.78, 5) is 14.2. The van der Waals surface area contributed by atoms with Crippen LogP contribution in [0.15, 0.2) is 16.9 Å². The van der Waals surface area contributed by atoms with E-state index in [9.17, 15) is 10.1 Å². The lowest BCUT2D eigenvalue weighted by atomic mass is 10.0. The summed E-state index contributed by atoms with van der Waals surface area (Å²) in [5.74, 6) is 0. The highest BCUT2D eigenvalue weighted by Gasteiger charge is 2.29. The topological polar surface area (TPSA) is 117 Å². The summed E-state index contributed by atoms with van der Waals surface area (Å²) in [6.07, 6.45) is 2.70. The second-order valence-electron chi connectivity index (χ2n) is 3.90. The third-order valence-corrected chi connectivity index (χ3v) is 2.77. The first-order chi connectivity index (χ1) is 8.10. The molecular weight excluding hydrogens is 224 g/mol. The van der Waals surface area contributed by atoms with Crippen LogP contribution in [0.2, 0.25) is 0 Å². The van der Waals surface area contributed by atoms with Gasteiger partial charge in [-0.25, -0.2) is 0 Å². The van der Waals surface area contributed by atoms with Gasteiger partial charge in [0.15, 0.2) is 0 Å². The molecule has 4 N–H and O–H groups in total. The first-order valence-electron chi connectivity index (χ1n) is 5.50. The fourth-order valence-electron chi connectivity index (χ4n) is 1.83. The highest BCUT2D eigenvalue weighted by molar-refractivity contribution is 6.01. The minimum absolute atomic E-state index is 0.0824. The van der Waals surface area contributed by atoms with E-state index in [-0.39, 0.29) is 17.5 Å². The van der Waals surface area contributed by atoms with Gasteiger partial charge in [0, 0.05) is 19.7 Å². The Balaban J connectivity index is 2.84. The third-order valence-electron chi connectivity index (χ3n) is 2.77. The molecule has 1 aliphatic rings. The van der Waals surface area contributed by atoms with E-state index in [0.717, 1.165) is 19.0 Å². The molecule has 1 saturated heterocycles. The van der Waals surface area contributed by atoms with E-state index in [1.807, 2.05) is 0 Å². The van der Waals surface area contributed by atoms with Gasteiger partial charge in [0.05, 0.1) is 11.1 Å². The Morgan fingerprint density at radius 1 is 1.53 bits per heavy atom. The Labute approximate surface area is 99.7 Å². The lowest BCUT2D eigenvalue weighted by Crippen LogP contribution is -2.29. The van der Waals surface area contributed by atoms with Crippen LogP contribution < -0.4 is 11.5 Å². The molecule has 7 heteroatoms. The van der Waals surface area contributed by atoms with Crippen molar-refractivity contribution in [2.24, 2.45) is 16.5 Å². The number of rotatable bonds is 3. The van der Waals surface area contributed by atoms with Gasteiger partial charge in [-0.05, 0) is 19.3 Å². The van der Waals surface area contributed by atoms with Gasteiger partial charge in [-0.2, -0.15) is 0 Å². The molecule has 2 unspecified atom stereocenters. The van der Waals surface area contributed by atoms with Gasteiger partial charge in [0.2, 0.25) is 0 Å². The van der Waals surface area contributed by atoms with Crippen LogP contribution in [0.3, 0.4) is 0 Å². The number of nitro groups is 1. The molecule has 0 aromatic heterocycles. The third kappa shape index (κ3) is 3.50. The van der Waals surface area contributed by atoms with E-state index in [1.165, 1.54) is 7.05 Å². The van der Waals surface area contributed by atoms with Gasteiger partial charge >= 0.3 is 5.70 Å². The maximum atomic E-state index is 10.8. The van der Waals surface area contributed by atoms with Crippen molar-refractivity contribution in [3.63, 3.8) is 0 Å². The summed E-state index contributed by atoms with van der Waals surface area (Å²) in [7, 11) is 1.50. The molecule has 96 valence electrons. The van der Waals surface area contributed by atoms with Crippen LogP contribution in [0, 0.1) is 10.1 Å². The molecule has 7 nitrogen and oxygen atoms in total. The van der Waals surface area contributed by atoms with Gasteiger partial charge in [-0.15, -0.1) is 0 Å².